The van der Waals surface area contributed by atoms with Crippen LogP contribution in [0.1, 0.15) is 30.1 Å². The van der Waals surface area contributed by atoms with Crippen molar-refractivity contribution in [3.05, 3.63) is 60.2 Å². The first-order chi connectivity index (χ1) is 14.3. The maximum Gasteiger partial charge on any atom is 0.138 e. The third kappa shape index (κ3) is 3.73. The number of aromatic amines is 2. The number of rotatable bonds is 5. The van der Waals surface area contributed by atoms with E-state index in [1.54, 1.807) is 6.20 Å². The molecule has 0 atom stereocenters. The van der Waals surface area contributed by atoms with Gasteiger partial charge < -0.3 is 15.2 Å². The summed E-state index contributed by atoms with van der Waals surface area (Å²) in [5, 5.41) is 11.4. The molecule has 29 heavy (non-hydrogen) atoms. The van der Waals surface area contributed by atoms with E-state index in [4.69, 9.17) is 4.98 Å². The van der Waals surface area contributed by atoms with Crippen LogP contribution >= 0.6 is 0 Å². The summed E-state index contributed by atoms with van der Waals surface area (Å²) in [5.41, 5.74) is 5.31. The molecule has 1 aliphatic rings. The van der Waals surface area contributed by atoms with Gasteiger partial charge in [-0.1, -0.05) is 6.07 Å². The summed E-state index contributed by atoms with van der Waals surface area (Å²) < 4.78 is 0. The molecule has 0 spiro atoms. The number of nitrogens with zero attached hydrogens (tertiary/aromatic N) is 4. The van der Waals surface area contributed by atoms with Gasteiger partial charge in [0.2, 0.25) is 0 Å². The monoisotopic (exact) mass is 387 g/mol. The van der Waals surface area contributed by atoms with Crippen LogP contribution in [0.25, 0.3) is 22.3 Å². The van der Waals surface area contributed by atoms with Crippen LogP contribution in [0.15, 0.2) is 48.8 Å². The molecule has 0 amide bonds. The highest BCUT2D eigenvalue weighted by Crippen LogP contribution is 2.33. The van der Waals surface area contributed by atoms with Crippen LogP contribution in [-0.2, 0) is 6.54 Å². The van der Waals surface area contributed by atoms with Crippen LogP contribution in [0.5, 0.6) is 0 Å². The molecule has 1 fully saturated rings. The third-order valence-corrected chi connectivity index (χ3v) is 5.75. The van der Waals surface area contributed by atoms with Gasteiger partial charge in [0.1, 0.15) is 11.5 Å². The molecule has 148 valence electrons. The minimum Gasteiger partial charge on any atom is -0.364 e. The Kier molecular flexibility index (Phi) is 4.73. The number of aromatic nitrogens is 5. The molecule has 0 aliphatic carbocycles. The first-order valence-corrected chi connectivity index (χ1v) is 10.1. The molecular weight excluding hydrogens is 362 g/mol. The Morgan fingerprint density at radius 3 is 2.86 bits per heavy atom. The van der Waals surface area contributed by atoms with E-state index in [0.717, 1.165) is 46.9 Å². The number of nitrogens with one attached hydrogen (secondary N) is 3. The average molecular weight is 387 g/mol. The van der Waals surface area contributed by atoms with Gasteiger partial charge >= 0.3 is 0 Å². The van der Waals surface area contributed by atoms with Gasteiger partial charge in [-0.2, -0.15) is 5.10 Å². The summed E-state index contributed by atoms with van der Waals surface area (Å²) >= 11 is 0. The van der Waals surface area contributed by atoms with Crippen LogP contribution < -0.4 is 5.32 Å². The number of H-pyrrole nitrogens is 2. The van der Waals surface area contributed by atoms with Crippen molar-refractivity contribution in [2.24, 2.45) is 0 Å². The maximum absolute atomic E-state index is 4.83. The minimum absolute atomic E-state index is 0.573. The number of hydrogen-bond acceptors (Lipinski definition) is 5. The summed E-state index contributed by atoms with van der Waals surface area (Å²) in [4.78, 5) is 15.4. The molecule has 3 N–H and O–H groups in total. The Hall–Kier alpha value is -3.19. The topological polar surface area (TPSA) is 85.5 Å². The summed E-state index contributed by atoms with van der Waals surface area (Å²) in [6.45, 7) is 2.95. The second-order valence-corrected chi connectivity index (χ2v) is 7.77. The minimum atomic E-state index is 0.573. The highest BCUT2D eigenvalue weighted by molar-refractivity contribution is 5.92. The predicted molar refractivity (Wildman–Crippen MR) is 115 cm³/mol. The van der Waals surface area contributed by atoms with Crippen LogP contribution in [0.3, 0.4) is 0 Å². The molecule has 7 nitrogen and oxygen atoms in total. The first-order valence-electron chi connectivity index (χ1n) is 10.1. The zero-order valence-electron chi connectivity index (χ0n) is 16.5. The van der Waals surface area contributed by atoms with Gasteiger partial charge in [0.15, 0.2) is 0 Å². The quantitative estimate of drug-likeness (QED) is 0.485. The van der Waals surface area contributed by atoms with Crippen molar-refractivity contribution in [1.82, 2.24) is 30.0 Å². The Morgan fingerprint density at radius 1 is 1.14 bits per heavy atom. The van der Waals surface area contributed by atoms with E-state index in [0.29, 0.717) is 12.5 Å². The Morgan fingerprint density at radius 2 is 2.03 bits per heavy atom. The lowest BCUT2D eigenvalue weighted by atomic mass is 9.93. The molecule has 4 aromatic heterocycles. The normalized spacial score (nSPS) is 15.8. The summed E-state index contributed by atoms with van der Waals surface area (Å²) in [7, 11) is 2.19. The van der Waals surface area contributed by atoms with Crippen molar-refractivity contribution in [2.75, 3.05) is 25.5 Å². The van der Waals surface area contributed by atoms with Crippen molar-refractivity contribution in [1.29, 1.82) is 0 Å². The van der Waals surface area contributed by atoms with Crippen molar-refractivity contribution in [2.45, 2.75) is 25.3 Å². The van der Waals surface area contributed by atoms with Gasteiger partial charge in [-0.15, -0.1) is 0 Å². The molecule has 5 rings (SSSR count). The summed E-state index contributed by atoms with van der Waals surface area (Å²) in [5.74, 6) is 1.41. The van der Waals surface area contributed by atoms with Crippen molar-refractivity contribution >= 4 is 16.9 Å². The zero-order chi connectivity index (χ0) is 19.6. The molecule has 0 radical (unpaired) electrons. The van der Waals surface area contributed by atoms with Crippen LogP contribution in [0.2, 0.25) is 0 Å². The van der Waals surface area contributed by atoms with E-state index in [9.17, 15) is 0 Å². The molecule has 1 saturated heterocycles. The fraction of sp³-hybridized carbons (Fsp3) is 0.318. The lowest BCUT2D eigenvalue weighted by Gasteiger charge is -2.28. The van der Waals surface area contributed by atoms with E-state index >= 15 is 0 Å². The van der Waals surface area contributed by atoms with E-state index in [1.165, 1.54) is 18.5 Å². The number of piperidine rings is 1. The third-order valence-electron chi connectivity index (χ3n) is 5.75. The van der Waals surface area contributed by atoms with Crippen LogP contribution in [-0.4, -0.2) is 50.2 Å². The molecule has 7 heteroatoms. The molecule has 0 unspecified atom stereocenters. The standard InChI is InChI=1S/C22H25N7/c1-29-11-7-15(8-12-29)20-13-18-17(6-9-23-22(18)27-20)19-3-2-4-21(26-19)24-14-16-5-10-25-28-16/h2-6,9-10,13,15H,7-8,11-12,14H2,1H3,(H,23,27)(H,24,26)(H,25,28). The predicted octanol–water partition coefficient (Wildman–Crippen LogP) is 3.77. The molecule has 0 bridgehead atoms. The molecule has 0 saturated carbocycles. The Labute approximate surface area is 169 Å². The van der Waals surface area contributed by atoms with Gasteiger partial charge in [0.25, 0.3) is 0 Å². The average Bonchev–Trinajstić information content (AvgIpc) is 3.42. The smallest absolute Gasteiger partial charge is 0.138 e. The summed E-state index contributed by atoms with van der Waals surface area (Å²) in [6.07, 6.45) is 5.98. The zero-order valence-corrected chi connectivity index (χ0v) is 16.5. The van der Waals surface area contributed by atoms with Crippen LogP contribution in [0.4, 0.5) is 5.82 Å². The SMILES string of the molecule is CN1CCC(c2cc3c(-c4cccc(NCc5ccn[nH]5)n4)ccnc3[nH]2)CC1. The highest BCUT2D eigenvalue weighted by Gasteiger charge is 2.21. The van der Waals surface area contributed by atoms with E-state index < -0.39 is 0 Å². The number of likely N-dealkylation sites (tertiary alicyclic amines) is 1. The fourth-order valence-corrected chi connectivity index (χ4v) is 4.06. The van der Waals surface area contributed by atoms with Gasteiger partial charge in [-0.25, -0.2) is 9.97 Å². The number of fused-ring (bicyclic) bond motifs is 1. The molecule has 5 heterocycles. The second-order valence-electron chi connectivity index (χ2n) is 7.77. The van der Waals surface area contributed by atoms with E-state index in [-0.39, 0.29) is 0 Å². The van der Waals surface area contributed by atoms with Crippen molar-refractivity contribution < 1.29 is 0 Å². The van der Waals surface area contributed by atoms with Gasteiger partial charge in [0.05, 0.1) is 17.9 Å². The van der Waals surface area contributed by atoms with E-state index in [1.807, 2.05) is 24.4 Å². The van der Waals surface area contributed by atoms with Gasteiger partial charge in [0, 0.05) is 35.0 Å². The Balaban J connectivity index is 1.43. The second kappa shape index (κ2) is 7.67. The van der Waals surface area contributed by atoms with Crippen molar-refractivity contribution in [3.8, 4) is 11.3 Å². The molecular formula is C22H25N7. The largest absolute Gasteiger partial charge is 0.364 e. The number of pyridine rings is 2. The highest BCUT2D eigenvalue weighted by atomic mass is 15.1. The van der Waals surface area contributed by atoms with Crippen LogP contribution in [0, 0.1) is 0 Å². The number of hydrogen-bond donors (Lipinski definition) is 3. The molecule has 4 aromatic rings. The lowest BCUT2D eigenvalue weighted by Crippen LogP contribution is -2.29. The lowest BCUT2D eigenvalue weighted by molar-refractivity contribution is 0.254. The molecule has 1 aliphatic heterocycles. The van der Waals surface area contributed by atoms with E-state index in [2.05, 4.69) is 55.6 Å². The Bertz CT molecular complexity index is 1090. The van der Waals surface area contributed by atoms with Gasteiger partial charge in [-0.05, 0) is 63.3 Å². The fourth-order valence-electron chi connectivity index (χ4n) is 4.06. The molecule has 0 aromatic carbocycles. The first kappa shape index (κ1) is 17.9. The maximum atomic E-state index is 4.83. The summed E-state index contributed by atoms with van der Waals surface area (Å²) in [6, 6.07) is 12.4. The van der Waals surface area contributed by atoms with Crippen molar-refractivity contribution in [3.63, 3.8) is 0 Å². The number of anilines is 1. The van der Waals surface area contributed by atoms with Gasteiger partial charge in [-0.3, -0.25) is 5.10 Å².